The fourth-order valence-electron chi connectivity index (χ4n) is 15.2. The van der Waals surface area contributed by atoms with Crippen LogP contribution in [-0.4, -0.2) is 205 Å². The number of allylic oxidation sites excluding steroid dienone is 1. The lowest BCUT2D eigenvalue weighted by Gasteiger charge is -2.61. The van der Waals surface area contributed by atoms with Gasteiger partial charge in [0.15, 0.2) is 30.9 Å². The Morgan fingerprint density at radius 3 is 1.86 bits per heavy atom. The predicted molar refractivity (Wildman–Crippen MR) is 239 cm³/mol. The molecule has 4 aliphatic carbocycles. The summed E-state index contributed by atoms with van der Waals surface area (Å²) in [4.78, 5) is 0. The van der Waals surface area contributed by atoms with E-state index in [1.54, 1.807) is 13.8 Å². The Morgan fingerprint density at radius 1 is 0.586 bits per heavy atom. The highest BCUT2D eigenvalue weighted by Gasteiger charge is 2.70. The Morgan fingerprint density at radius 2 is 1.20 bits per heavy atom. The molecule has 20 heteroatoms. The van der Waals surface area contributed by atoms with E-state index in [2.05, 4.69) is 33.8 Å². The highest BCUT2D eigenvalue weighted by molar-refractivity contribution is 5.29. The van der Waals surface area contributed by atoms with Crippen LogP contribution in [0.4, 0.5) is 0 Å². The third-order valence-corrected chi connectivity index (χ3v) is 19.4. The first-order valence-corrected chi connectivity index (χ1v) is 26.1. The maximum absolute atomic E-state index is 11.9. The van der Waals surface area contributed by atoms with Crippen molar-refractivity contribution in [2.75, 3.05) is 13.2 Å². The number of aliphatic hydroxyl groups is 10. The van der Waals surface area contributed by atoms with Crippen molar-refractivity contribution in [3.63, 3.8) is 0 Å². The fourth-order valence-corrected chi connectivity index (χ4v) is 15.2. The van der Waals surface area contributed by atoms with Crippen LogP contribution in [0.5, 0.6) is 0 Å². The zero-order valence-corrected chi connectivity index (χ0v) is 41.4. The lowest BCUT2D eigenvalue weighted by molar-refractivity contribution is -0.391. The third-order valence-electron chi connectivity index (χ3n) is 19.4. The maximum Gasteiger partial charge on any atom is 0.187 e. The average Bonchev–Trinajstić information content (AvgIpc) is 3.78. The third kappa shape index (κ3) is 8.60. The normalized spacial score (nSPS) is 59.1. The Labute approximate surface area is 409 Å². The van der Waals surface area contributed by atoms with Crippen molar-refractivity contribution >= 4 is 0 Å². The molecular formula is C50H80O20. The van der Waals surface area contributed by atoms with E-state index in [0.717, 1.165) is 44.1 Å². The van der Waals surface area contributed by atoms with Crippen LogP contribution >= 0.6 is 0 Å². The Balaban J connectivity index is 0.987. The topological polar surface area (TPSA) is 295 Å². The summed E-state index contributed by atoms with van der Waals surface area (Å²) in [5.41, 5.74) is 0.389. The van der Waals surface area contributed by atoms with Crippen molar-refractivity contribution < 1.29 is 98.4 Å². The van der Waals surface area contributed by atoms with E-state index in [-0.39, 0.29) is 35.7 Å². The molecule has 0 aromatic heterocycles. The molecule has 0 bridgehead atoms. The number of hydrogen-bond donors (Lipinski definition) is 10. The summed E-state index contributed by atoms with van der Waals surface area (Å²) >= 11 is 0. The molecule has 3 saturated carbocycles. The fraction of sp³-hybridized carbons (Fsp3) is 0.960. The van der Waals surface area contributed by atoms with Crippen LogP contribution in [0, 0.1) is 46.3 Å². The van der Waals surface area contributed by atoms with Crippen molar-refractivity contribution in [1.29, 1.82) is 0 Å². The molecule has 6 aliphatic heterocycles. The van der Waals surface area contributed by atoms with E-state index in [4.69, 9.17) is 47.4 Å². The zero-order chi connectivity index (χ0) is 50.1. The van der Waals surface area contributed by atoms with Crippen molar-refractivity contribution in [3.05, 3.63) is 11.6 Å². The van der Waals surface area contributed by atoms with Crippen LogP contribution in [0.3, 0.4) is 0 Å². The summed E-state index contributed by atoms with van der Waals surface area (Å²) in [6, 6.07) is 0. The molecular weight excluding hydrogens is 921 g/mol. The molecule has 6 heterocycles. The minimum Gasteiger partial charge on any atom is -0.388 e. The minimum absolute atomic E-state index is 0.0108. The smallest absolute Gasteiger partial charge is 0.187 e. The molecule has 31 atom stereocenters. The number of aliphatic hydroxyl groups excluding tert-OH is 10. The van der Waals surface area contributed by atoms with Gasteiger partial charge in [0.2, 0.25) is 0 Å². The van der Waals surface area contributed by atoms with Gasteiger partial charge in [-0.15, -0.1) is 0 Å². The van der Waals surface area contributed by atoms with Crippen LogP contribution in [-0.2, 0) is 47.4 Å². The van der Waals surface area contributed by atoms with Crippen LogP contribution < -0.4 is 0 Å². The molecule has 0 amide bonds. The molecule has 20 nitrogen and oxygen atoms in total. The number of hydrogen-bond acceptors (Lipinski definition) is 20. The molecule has 0 unspecified atom stereocenters. The van der Waals surface area contributed by atoms with Gasteiger partial charge < -0.3 is 98.4 Å². The van der Waals surface area contributed by atoms with Crippen LogP contribution in [0.1, 0.15) is 99.8 Å². The highest BCUT2D eigenvalue weighted by atomic mass is 16.8. The molecule has 10 N–H and O–H groups in total. The lowest BCUT2D eigenvalue weighted by Crippen LogP contribution is -2.66. The van der Waals surface area contributed by atoms with Crippen LogP contribution in [0.15, 0.2) is 11.6 Å². The van der Waals surface area contributed by atoms with Crippen LogP contribution in [0.25, 0.3) is 0 Å². The number of fused-ring (bicyclic) bond motifs is 7. The molecule has 10 aliphatic rings. The second kappa shape index (κ2) is 19.5. The Bertz CT molecular complexity index is 1870. The lowest BCUT2D eigenvalue weighted by atomic mass is 9.46. The van der Waals surface area contributed by atoms with E-state index < -0.39 is 147 Å². The molecule has 0 aromatic carbocycles. The molecule has 9 fully saturated rings. The molecule has 6 saturated heterocycles. The first-order chi connectivity index (χ1) is 33.1. The first kappa shape index (κ1) is 52.4. The number of ether oxygens (including phenoxy) is 10. The number of rotatable bonds is 8. The standard InChI is InChI=1S/C50H80O20/c1-19-10-13-50(62-17-19)20(2)32-30(70-50)16-28-26-9-8-24-14-25(66-45-40(59)37(56)33(52)21(3)63-45)15-31(49(24,7)27(26)11-12-48(28,32)6)67-47-43(69-46-41(60)38(57)34(53)22(4)64-46)42(35(54)23(5)65-47)68-44-39(58)36(55)29(51)18-61-44/h8,19-23,25-47,51-60H,9-18H2,1-7H3/t19-,20+,21+,22+,23-,25-,26-,27+,28+,29-,30+,31-,32+,33+,34+,35+,36+,37-,38-,39-,40-,41-,42+,43-,44+,45+,46+,47+,48+,49+,50-/m1/s1. The molecule has 400 valence electrons. The van der Waals surface area contributed by atoms with Crippen molar-refractivity contribution in [1.82, 2.24) is 0 Å². The Kier molecular flexibility index (Phi) is 14.6. The van der Waals surface area contributed by atoms with Gasteiger partial charge in [-0.2, -0.15) is 0 Å². The van der Waals surface area contributed by atoms with Gasteiger partial charge in [0, 0.05) is 24.2 Å². The largest absolute Gasteiger partial charge is 0.388 e. The second-order valence-electron chi connectivity index (χ2n) is 23.5. The van der Waals surface area contributed by atoms with Crippen molar-refractivity contribution in [2.45, 2.75) is 241 Å². The zero-order valence-electron chi connectivity index (χ0n) is 41.4. The van der Waals surface area contributed by atoms with Gasteiger partial charge in [-0.3, -0.25) is 0 Å². The molecule has 0 radical (unpaired) electrons. The van der Waals surface area contributed by atoms with E-state index in [1.165, 1.54) is 6.92 Å². The predicted octanol–water partition coefficient (Wildman–Crippen LogP) is -0.297. The van der Waals surface area contributed by atoms with E-state index in [9.17, 15) is 51.1 Å². The quantitative estimate of drug-likeness (QED) is 0.140. The van der Waals surface area contributed by atoms with Gasteiger partial charge in [-0.1, -0.05) is 39.3 Å². The van der Waals surface area contributed by atoms with E-state index in [0.29, 0.717) is 30.8 Å². The maximum atomic E-state index is 11.9. The van der Waals surface area contributed by atoms with Gasteiger partial charge in [-0.25, -0.2) is 0 Å². The van der Waals surface area contributed by atoms with Crippen LogP contribution in [0.2, 0.25) is 0 Å². The molecule has 0 aromatic rings. The minimum atomic E-state index is -1.79. The molecule has 1 spiro atoms. The summed E-state index contributed by atoms with van der Waals surface area (Å²) in [7, 11) is 0. The van der Waals surface area contributed by atoms with Gasteiger partial charge in [0.05, 0.1) is 49.8 Å². The van der Waals surface area contributed by atoms with E-state index in [1.807, 2.05) is 0 Å². The average molecular weight is 1000 g/mol. The van der Waals surface area contributed by atoms with Crippen molar-refractivity contribution in [3.8, 4) is 0 Å². The molecule has 70 heavy (non-hydrogen) atoms. The molecule has 10 rings (SSSR count). The van der Waals surface area contributed by atoms with Gasteiger partial charge in [0.1, 0.15) is 73.2 Å². The second-order valence-corrected chi connectivity index (χ2v) is 23.5. The van der Waals surface area contributed by atoms with Gasteiger partial charge in [-0.05, 0) is 94.3 Å². The highest BCUT2D eigenvalue weighted by Crippen LogP contribution is 2.71. The summed E-state index contributed by atoms with van der Waals surface area (Å²) in [6.07, 6.45) is -20.2. The van der Waals surface area contributed by atoms with E-state index >= 15 is 0 Å². The summed E-state index contributed by atoms with van der Waals surface area (Å²) in [5.74, 6) is 1.16. The monoisotopic (exact) mass is 1000 g/mol. The van der Waals surface area contributed by atoms with Gasteiger partial charge >= 0.3 is 0 Å². The van der Waals surface area contributed by atoms with Crippen molar-refractivity contribution in [2.24, 2.45) is 46.3 Å². The summed E-state index contributed by atoms with van der Waals surface area (Å²) in [6.45, 7) is 14.2. The first-order valence-electron chi connectivity index (χ1n) is 26.1. The summed E-state index contributed by atoms with van der Waals surface area (Å²) in [5, 5.41) is 109. The summed E-state index contributed by atoms with van der Waals surface area (Å²) < 4.78 is 64.3. The van der Waals surface area contributed by atoms with Gasteiger partial charge in [0.25, 0.3) is 0 Å². The Hall–Kier alpha value is -1.06. The SMILES string of the molecule is C[C@@H]1CC[C@@]2(OC1)O[C@H]1C[C@H]3[C@@H]4CC=C5C[C@@H](O[C@@H]6O[C@@H](C)[C@H](O)[C@@H](O)[C@H]6O)C[C@@H](O[C@@H]6O[C@H](C)[C@H](O)[C@H](O[C@@H]7OC[C@@H](O)[C@H](O)[C@H]7O)[C@H]6O[C@@H]6O[C@@H](C)[C@H](O)[C@@H](O)[C@H]6O)[C@]5(C)[C@H]4CC[C@]3(C)[C@H]1[C@@H]2C.